The molecule has 2 aromatic rings. The van der Waals surface area contributed by atoms with Crippen LogP contribution in [0.15, 0.2) is 29.6 Å². The molecule has 2 rings (SSSR count). The molecule has 1 heterocycles. The molecule has 0 aliphatic rings. The van der Waals surface area contributed by atoms with Crippen LogP contribution in [0, 0.1) is 13.8 Å². The van der Waals surface area contributed by atoms with Crippen LogP contribution in [0.25, 0.3) is 0 Å². The molecule has 0 aliphatic heterocycles. The summed E-state index contributed by atoms with van der Waals surface area (Å²) in [4.78, 5) is 1.29. The second kappa shape index (κ2) is 4.58. The minimum absolute atomic E-state index is 0.0547. The van der Waals surface area contributed by atoms with Gasteiger partial charge >= 0.3 is 0 Å². The first-order chi connectivity index (χ1) is 7.58. The lowest BCUT2D eigenvalue weighted by molar-refractivity contribution is 0.874. The standard InChI is InChI=1S/C13H14ClNS/c1-8-5-10(3-4-12(8)14)13(15)11-6-9(2)16-7-11/h3-7,13H,15H2,1-2H3. The van der Waals surface area contributed by atoms with Gasteiger partial charge in [-0.1, -0.05) is 23.7 Å². The van der Waals surface area contributed by atoms with Crippen LogP contribution >= 0.6 is 22.9 Å². The predicted octanol–water partition coefficient (Wildman–Crippen LogP) is 4.07. The molecule has 0 amide bonds. The Bertz CT molecular complexity index is 504. The van der Waals surface area contributed by atoms with Crippen LogP contribution in [0.2, 0.25) is 5.02 Å². The molecule has 0 saturated heterocycles. The van der Waals surface area contributed by atoms with Crippen molar-refractivity contribution in [2.24, 2.45) is 5.73 Å². The highest BCUT2D eigenvalue weighted by Gasteiger charge is 2.11. The van der Waals surface area contributed by atoms with Crippen LogP contribution < -0.4 is 5.73 Å². The lowest BCUT2D eigenvalue weighted by Crippen LogP contribution is -2.10. The summed E-state index contributed by atoms with van der Waals surface area (Å²) in [6, 6.07) is 8.04. The summed E-state index contributed by atoms with van der Waals surface area (Å²) < 4.78 is 0. The van der Waals surface area contributed by atoms with Gasteiger partial charge < -0.3 is 5.73 Å². The van der Waals surface area contributed by atoms with Gasteiger partial charge in [-0.05, 0) is 48.1 Å². The van der Waals surface area contributed by atoms with Crippen LogP contribution in [0.4, 0.5) is 0 Å². The summed E-state index contributed by atoms with van der Waals surface area (Å²) in [5.41, 5.74) is 9.56. The van der Waals surface area contributed by atoms with E-state index in [1.54, 1.807) is 11.3 Å². The molecule has 0 aliphatic carbocycles. The number of rotatable bonds is 2. The minimum Gasteiger partial charge on any atom is -0.320 e. The van der Waals surface area contributed by atoms with Gasteiger partial charge in [-0.2, -0.15) is 0 Å². The molecular formula is C13H14ClNS. The van der Waals surface area contributed by atoms with Crippen molar-refractivity contribution >= 4 is 22.9 Å². The topological polar surface area (TPSA) is 26.0 Å². The van der Waals surface area contributed by atoms with E-state index >= 15 is 0 Å². The van der Waals surface area contributed by atoms with Crippen LogP contribution in [0.3, 0.4) is 0 Å². The smallest absolute Gasteiger partial charge is 0.0560 e. The van der Waals surface area contributed by atoms with E-state index in [1.165, 1.54) is 10.4 Å². The number of halogens is 1. The van der Waals surface area contributed by atoms with Crippen molar-refractivity contribution in [2.45, 2.75) is 19.9 Å². The van der Waals surface area contributed by atoms with Crippen molar-refractivity contribution in [3.63, 3.8) is 0 Å². The van der Waals surface area contributed by atoms with Gasteiger partial charge in [0.1, 0.15) is 0 Å². The van der Waals surface area contributed by atoms with Crippen molar-refractivity contribution in [2.75, 3.05) is 0 Å². The Balaban J connectivity index is 2.33. The summed E-state index contributed by atoms with van der Waals surface area (Å²) in [6.07, 6.45) is 0. The normalized spacial score (nSPS) is 12.8. The summed E-state index contributed by atoms with van der Waals surface area (Å²) in [5, 5.41) is 2.90. The average molecular weight is 252 g/mol. The zero-order valence-corrected chi connectivity index (χ0v) is 10.9. The fourth-order valence-corrected chi connectivity index (χ4v) is 2.54. The molecule has 3 heteroatoms. The van der Waals surface area contributed by atoms with E-state index in [0.717, 1.165) is 16.1 Å². The van der Waals surface area contributed by atoms with E-state index in [1.807, 2.05) is 19.1 Å². The molecular weight excluding hydrogens is 238 g/mol. The summed E-state index contributed by atoms with van der Waals surface area (Å²) in [6.45, 7) is 4.09. The molecule has 2 N–H and O–H groups in total. The maximum absolute atomic E-state index is 6.21. The molecule has 0 fully saturated rings. The Labute approximate surface area is 105 Å². The first-order valence-corrected chi connectivity index (χ1v) is 6.40. The lowest BCUT2D eigenvalue weighted by Gasteiger charge is -2.11. The number of nitrogens with two attached hydrogens (primary N) is 1. The van der Waals surface area contributed by atoms with E-state index in [9.17, 15) is 0 Å². The van der Waals surface area contributed by atoms with E-state index in [2.05, 4.69) is 24.4 Å². The van der Waals surface area contributed by atoms with E-state index in [0.29, 0.717) is 0 Å². The molecule has 1 unspecified atom stereocenters. The van der Waals surface area contributed by atoms with Crippen molar-refractivity contribution in [3.05, 3.63) is 56.2 Å². The quantitative estimate of drug-likeness (QED) is 0.856. The number of aryl methyl sites for hydroxylation is 2. The van der Waals surface area contributed by atoms with Crippen molar-refractivity contribution in [1.82, 2.24) is 0 Å². The summed E-state index contributed by atoms with van der Waals surface area (Å²) in [5.74, 6) is 0. The molecule has 0 bridgehead atoms. The Hall–Kier alpha value is -0.830. The first-order valence-electron chi connectivity index (χ1n) is 5.14. The SMILES string of the molecule is Cc1cc(C(N)c2ccc(Cl)c(C)c2)cs1. The van der Waals surface area contributed by atoms with Crippen LogP contribution in [-0.2, 0) is 0 Å². The number of hydrogen-bond acceptors (Lipinski definition) is 2. The highest BCUT2D eigenvalue weighted by atomic mass is 35.5. The molecule has 16 heavy (non-hydrogen) atoms. The lowest BCUT2D eigenvalue weighted by atomic mass is 10.0. The van der Waals surface area contributed by atoms with Gasteiger partial charge in [0.15, 0.2) is 0 Å². The van der Waals surface area contributed by atoms with Gasteiger partial charge in [-0.25, -0.2) is 0 Å². The third-order valence-corrected chi connectivity index (χ3v) is 3.95. The highest BCUT2D eigenvalue weighted by Crippen LogP contribution is 2.26. The monoisotopic (exact) mass is 251 g/mol. The Morgan fingerprint density at radius 3 is 2.50 bits per heavy atom. The molecule has 0 spiro atoms. The van der Waals surface area contributed by atoms with Crippen LogP contribution in [-0.4, -0.2) is 0 Å². The maximum atomic E-state index is 6.21. The van der Waals surface area contributed by atoms with Gasteiger partial charge in [-0.15, -0.1) is 11.3 Å². The molecule has 0 radical (unpaired) electrons. The molecule has 0 saturated carbocycles. The zero-order chi connectivity index (χ0) is 11.7. The fraction of sp³-hybridized carbons (Fsp3) is 0.231. The fourth-order valence-electron chi connectivity index (χ4n) is 1.68. The van der Waals surface area contributed by atoms with Gasteiger partial charge in [0.25, 0.3) is 0 Å². The highest BCUT2D eigenvalue weighted by molar-refractivity contribution is 7.10. The zero-order valence-electron chi connectivity index (χ0n) is 9.33. The third kappa shape index (κ3) is 2.29. The Kier molecular flexibility index (Phi) is 3.33. The number of hydrogen-bond donors (Lipinski definition) is 1. The van der Waals surface area contributed by atoms with Crippen molar-refractivity contribution in [1.29, 1.82) is 0 Å². The number of benzene rings is 1. The molecule has 84 valence electrons. The second-order valence-electron chi connectivity index (χ2n) is 3.98. The minimum atomic E-state index is -0.0547. The Morgan fingerprint density at radius 1 is 1.19 bits per heavy atom. The van der Waals surface area contributed by atoms with E-state index in [-0.39, 0.29) is 6.04 Å². The molecule has 1 aromatic carbocycles. The van der Waals surface area contributed by atoms with Gasteiger partial charge in [0, 0.05) is 9.90 Å². The van der Waals surface area contributed by atoms with Gasteiger partial charge in [-0.3, -0.25) is 0 Å². The van der Waals surface area contributed by atoms with E-state index in [4.69, 9.17) is 17.3 Å². The summed E-state index contributed by atoms with van der Waals surface area (Å²) >= 11 is 7.73. The third-order valence-electron chi connectivity index (χ3n) is 2.65. The second-order valence-corrected chi connectivity index (χ2v) is 5.50. The van der Waals surface area contributed by atoms with E-state index < -0.39 is 0 Å². The average Bonchev–Trinajstić information content (AvgIpc) is 2.68. The Morgan fingerprint density at radius 2 is 1.94 bits per heavy atom. The molecule has 1 aromatic heterocycles. The largest absolute Gasteiger partial charge is 0.320 e. The van der Waals surface area contributed by atoms with Gasteiger partial charge in [0.2, 0.25) is 0 Å². The van der Waals surface area contributed by atoms with Crippen LogP contribution in [0.1, 0.15) is 27.6 Å². The molecule has 1 atom stereocenters. The summed E-state index contributed by atoms with van der Waals surface area (Å²) in [7, 11) is 0. The number of thiophene rings is 1. The maximum Gasteiger partial charge on any atom is 0.0560 e. The van der Waals surface area contributed by atoms with Crippen LogP contribution in [0.5, 0.6) is 0 Å². The van der Waals surface area contributed by atoms with Gasteiger partial charge in [0.05, 0.1) is 6.04 Å². The molecule has 1 nitrogen and oxygen atoms in total. The predicted molar refractivity (Wildman–Crippen MR) is 71.3 cm³/mol. The first kappa shape index (κ1) is 11.6. The van der Waals surface area contributed by atoms with Crippen molar-refractivity contribution < 1.29 is 0 Å². The van der Waals surface area contributed by atoms with Crippen molar-refractivity contribution in [3.8, 4) is 0 Å².